The molecule has 1 nitrogen and oxygen atoms in total. The minimum atomic E-state index is 0.279. The van der Waals surface area contributed by atoms with Crippen molar-refractivity contribution in [1.82, 2.24) is 5.32 Å². The van der Waals surface area contributed by atoms with E-state index in [1.54, 1.807) is 0 Å². The minimum Gasteiger partial charge on any atom is -0.305 e. The molecule has 1 aromatic carbocycles. The monoisotopic (exact) mass is 229 g/mol. The van der Waals surface area contributed by atoms with Gasteiger partial charge in [0.15, 0.2) is 0 Å². The quantitative estimate of drug-likeness (QED) is 0.832. The summed E-state index contributed by atoms with van der Waals surface area (Å²) in [4.78, 5) is 0. The van der Waals surface area contributed by atoms with Crippen molar-refractivity contribution in [2.45, 2.75) is 13.0 Å². The Morgan fingerprint density at radius 2 is 2.07 bits per heavy atom. The number of nitrogens with one attached hydrogen (secondary N) is 1. The van der Waals surface area contributed by atoms with E-state index in [4.69, 9.17) is 23.2 Å². The highest BCUT2D eigenvalue weighted by atomic mass is 35.5. The molecule has 0 spiro atoms. The van der Waals surface area contributed by atoms with Gasteiger partial charge in [-0.2, -0.15) is 0 Å². The van der Waals surface area contributed by atoms with Crippen molar-refractivity contribution >= 4 is 23.2 Å². The fraction of sp³-hybridized carbons (Fsp3) is 0.273. The predicted molar refractivity (Wildman–Crippen MR) is 62.6 cm³/mol. The van der Waals surface area contributed by atoms with Gasteiger partial charge in [0.05, 0.1) is 0 Å². The van der Waals surface area contributed by atoms with Crippen molar-refractivity contribution in [3.05, 3.63) is 46.5 Å². The highest BCUT2D eigenvalue weighted by Crippen LogP contribution is 2.12. The molecule has 1 N–H and O–H groups in total. The van der Waals surface area contributed by atoms with Crippen LogP contribution in [0.15, 0.2) is 40.9 Å². The maximum atomic E-state index is 5.76. The third kappa shape index (κ3) is 3.70. The zero-order valence-electron chi connectivity index (χ0n) is 8.00. The van der Waals surface area contributed by atoms with Gasteiger partial charge in [0.1, 0.15) is 0 Å². The van der Waals surface area contributed by atoms with Crippen LogP contribution in [0.4, 0.5) is 0 Å². The zero-order valence-corrected chi connectivity index (χ0v) is 9.52. The van der Waals surface area contributed by atoms with E-state index in [-0.39, 0.29) is 6.04 Å². The molecule has 0 aliphatic heterocycles. The van der Waals surface area contributed by atoms with Crippen LogP contribution in [0.5, 0.6) is 0 Å². The van der Waals surface area contributed by atoms with Gasteiger partial charge in [0, 0.05) is 23.2 Å². The van der Waals surface area contributed by atoms with Gasteiger partial charge in [0.25, 0.3) is 0 Å². The van der Waals surface area contributed by atoms with Crippen LogP contribution in [0.2, 0.25) is 0 Å². The lowest BCUT2D eigenvalue weighted by Crippen LogP contribution is -2.19. The standard InChI is InChI=1S/C11H13Cl2N/c1-9(14-8-11(13)7-12)10-5-3-2-4-6-10/h2-7,9,14H,8H2,1H3/t9-/m0/s1. The third-order valence-electron chi connectivity index (χ3n) is 2.00. The largest absolute Gasteiger partial charge is 0.305 e. The second-order valence-electron chi connectivity index (χ2n) is 3.07. The smallest absolute Gasteiger partial charge is 0.0432 e. The molecule has 0 saturated carbocycles. The molecular weight excluding hydrogens is 217 g/mol. The molecule has 76 valence electrons. The summed E-state index contributed by atoms with van der Waals surface area (Å²) in [5.41, 5.74) is 2.62. The second kappa shape index (κ2) is 6.07. The van der Waals surface area contributed by atoms with Crippen LogP contribution in [0.1, 0.15) is 18.5 Å². The Morgan fingerprint density at radius 3 is 2.64 bits per heavy atom. The Bertz CT molecular complexity index is 295. The van der Waals surface area contributed by atoms with Crippen LogP contribution >= 0.6 is 23.2 Å². The first-order valence-corrected chi connectivity index (χ1v) is 5.28. The molecule has 0 fully saturated rings. The SMILES string of the molecule is C[C@H](NCC(Cl)=CCl)c1ccccc1. The van der Waals surface area contributed by atoms with Crippen molar-refractivity contribution in [2.75, 3.05) is 6.54 Å². The molecule has 14 heavy (non-hydrogen) atoms. The van der Waals surface area contributed by atoms with Gasteiger partial charge < -0.3 is 5.32 Å². The first-order valence-electron chi connectivity index (χ1n) is 4.47. The van der Waals surface area contributed by atoms with Crippen molar-refractivity contribution in [3.63, 3.8) is 0 Å². The van der Waals surface area contributed by atoms with Gasteiger partial charge in [-0.1, -0.05) is 53.5 Å². The number of hydrogen-bond donors (Lipinski definition) is 1. The van der Waals surface area contributed by atoms with E-state index in [2.05, 4.69) is 24.4 Å². The Balaban J connectivity index is 2.47. The molecule has 0 saturated heterocycles. The van der Waals surface area contributed by atoms with Gasteiger partial charge >= 0.3 is 0 Å². The summed E-state index contributed by atoms with van der Waals surface area (Å²) in [6.07, 6.45) is 0. The Hall–Kier alpha value is -0.500. The molecule has 1 aromatic rings. The second-order valence-corrected chi connectivity index (χ2v) is 3.77. The van der Waals surface area contributed by atoms with E-state index in [0.29, 0.717) is 11.6 Å². The Kier molecular flexibility index (Phi) is 5.02. The molecule has 3 heteroatoms. The molecule has 0 bridgehead atoms. The highest BCUT2D eigenvalue weighted by molar-refractivity contribution is 6.36. The van der Waals surface area contributed by atoms with Crippen LogP contribution in [0, 0.1) is 0 Å². The van der Waals surface area contributed by atoms with Gasteiger partial charge in [-0.25, -0.2) is 0 Å². The van der Waals surface area contributed by atoms with Crippen LogP contribution in [-0.2, 0) is 0 Å². The van der Waals surface area contributed by atoms with Gasteiger partial charge in [-0.3, -0.25) is 0 Å². The van der Waals surface area contributed by atoms with E-state index in [1.165, 1.54) is 11.1 Å². The molecule has 0 aromatic heterocycles. The molecule has 1 atom stereocenters. The van der Waals surface area contributed by atoms with Crippen LogP contribution in [0.25, 0.3) is 0 Å². The third-order valence-corrected chi connectivity index (χ3v) is 2.61. The fourth-order valence-corrected chi connectivity index (χ4v) is 1.30. The summed E-state index contributed by atoms with van der Waals surface area (Å²) in [5, 5.41) is 3.88. The number of benzene rings is 1. The van der Waals surface area contributed by atoms with Crippen LogP contribution in [0.3, 0.4) is 0 Å². The average Bonchev–Trinajstić information content (AvgIpc) is 2.26. The molecular formula is C11H13Cl2N. The number of rotatable bonds is 4. The average molecular weight is 230 g/mol. The Labute approximate surface area is 94.7 Å². The molecule has 0 unspecified atom stereocenters. The van der Waals surface area contributed by atoms with E-state index in [0.717, 1.165) is 0 Å². The molecule has 0 radical (unpaired) electrons. The molecule has 0 aliphatic rings. The van der Waals surface area contributed by atoms with Gasteiger partial charge in [-0.15, -0.1) is 0 Å². The van der Waals surface area contributed by atoms with Crippen molar-refractivity contribution < 1.29 is 0 Å². The number of hydrogen-bond acceptors (Lipinski definition) is 1. The predicted octanol–water partition coefficient (Wildman–Crippen LogP) is 3.66. The van der Waals surface area contributed by atoms with E-state index < -0.39 is 0 Å². The summed E-state index contributed by atoms with van der Waals surface area (Å²) in [7, 11) is 0. The maximum Gasteiger partial charge on any atom is 0.0432 e. The van der Waals surface area contributed by atoms with Gasteiger partial charge in [0.2, 0.25) is 0 Å². The molecule has 0 amide bonds. The van der Waals surface area contributed by atoms with Crippen molar-refractivity contribution in [3.8, 4) is 0 Å². The molecule has 0 heterocycles. The van der Waals surface area contributed by atoms with Crippen LogP contribution < -0.4 is 5.32 Å². The summed E-state index contributed by atoms with van der Waals surface area (Å²) in [6.45, 7) is 2.69. The highest BCUT2D eigenvalue weighted by Gasteiger charge is 2.03. The summed E-state index contributed by atoms with van der Waals surface area (Å²) in [6, 6.07) is 10.5. The van der Waals surface area contributed by atoms with E-state index in [9.17, 15) is 0 Å². The lowest BCUT2D eigenvalue weighted by Gasteiger charge is -2.13. The summed E-state index contributed by atoms with van der Waals surface area (Å²) < 4.78 is 0. The summed E-state index contributed by atoms with van der Waals surface area (Å²) in [5.74, 6) is 0. The first kappa shape index (κ1) is 11.6. The minimum absolute atomic E-state index is 0.279. The zero-order chi connectivity index (χ0) is 10.4. The Morgan fingerprint density at radius 1 is 1.43 bits per heavy atom. The topological polar surface area (TPSA) is 12.0 Å². The normalized spacial score (nSPS) is 14.1. The van der Waals surface area contributed by atoms with Crippen molar-refractivity contribution in [1.29, 1.82) is 0 Å². The lowest BCUT2D eigenvalue weighted by molar-refractivity contribution is 0.614. The lowest BCUT2D eigenvalue weighted by atomic mass is 10.1. The van der Waals surface area contributed by atoms with Gasteiger partial charge in [-0.05, 0) is 12.5 Å². The van der Waals surface area contributed by atoms with Crippen molar-refractivity contribution in [2.24, 2.45) is 0 Å². The fourth-order valence-electron chi connectivity index (χ4n) is 1.15. The molecule has 1 rings (SSSR count). The summed E-state index contributed by atoms with van der Waals surface area (Å²) >= 11 is 11.2. The maximum absolute atomic E-state index is 5.76. The van der Waals surface area contributed by atoms with E-state index >= 15 is 0 Å². The van der Waals surface area contributed by atoms with Crippen LogP contribution in [-0.4, -0.2) is 6.54 Å². The number of halogens is 2. The first-order chi connectivity index (χ1) is 6.74. The molecule has 0 aliphatic carbocycles. The van der Waals surface area contributed by atoms with E-state index in [1.807, 2.05) is 18.2 Å².